The summed E-state index contributed by atoms with van der Waals surface area (Å²) in [5, 5.41) is 2.80. The normalized spacial score (nSPS) is 19.3. The first-order chi connectivity index (χ1) is 15.7. The molecule has 0 bridgehead atoms. The summed E-state index contributed by atoms with van der Waals surface area (Å²) in [7, 11) is 0. The summed E-state index contributed by atoms with van der Waals surface area (Å²) in [6.07, 6.45) is -0.854. The van der Waals surface area contributed by atoms with Gasteiger partial charge in [0.05, 0.1) is 36.1 Å². The third kappa shape index (κ3) is 4.59. The zero-order chi connectivity index (χ0) is 23.8. The van der Waals surface area contributed by atoms with E-state index >= 15 is 0 Å². The van der Waals surface area contributed by atoms with E-state index in [1.54, 1.807) is 13.0 Å². The topological polar surface area (TPSA) is 89.4 Å². The molecule has 2 atom stereocenters. The van der Waals surface area contributed by atoms with E-state index < -0.39 is 23.7 Å². The highest BCUT2D eigenvalue weighted by Crippen LogP contribution is 2.29. The number of nitrogens with one attached hydrogen (secondary N) is 1. The average molecular weight is 465 g/mol. The lowest BCUT2D eigenvalue weighted by molar-refractivity contribution is -0.138. The van der Waals surface area contributed by atoms with Gasteiger partial charge < -0.3 is 19.5 Å². The van der Waals surface area contributed by atoms with Crippen molar-refractivity contribution in [3.05, 3.63) is 46.8 Å². The van der Waals surface area contributed by atoms with Gasteiger partial charge in [-0.1, -0.05) is 6.92 Å². The van der Waals surface area contributed by atoms with Gasteiger partial charge in [-0.3, -0.25) is 9.59 Å². The molecule has 4 heterocycles. The van der Waals surface area contributed by atoms with Crippen LogP contribution in [-0.4, -0.2) is 50.4 Å². The number of alkyl halides is 3. The molecule has 8 nitrogen and oxygen atoms in total. The zero-order valence-corrected chi connectivity index (χ0v) is 18.5. The second-order valence-electron chi connectivity index (χ2n) is 8.35. The van der Waals surface area contributed by atoms with Crippen molar-refractivity contribution < 1.29 is 27.5 Å². The minimum absolute atomic E-state index is 0.0883. The second-order valence-corrected chi connectivity index (χ2v) is 8.35. The van der Waals surface area contributed by atoms with Crippen molar-refractivity contribution in [3.8, 4) is 0 Å². The monoisotopic (exact) mass is 465 g/mol. The molecule has 0 radical (unpaired) electrons. The number of aromatic nitrogens is 3. The number of carbonyl (C=O) groups is 2. The lowest BCUT2D eigenvalue weighted by atomic mass is 10.1. The molecule has 2 unspecified atom stereocenters. The van der Waals surface area contributed by atoms with Crippen LogP contribution in [0.5, 0.6) is 0 Å². The van der Waals surface area contributed by atoms with E-state index in [9.17, 15) is 22.8 Å². The maximum atomic E-state index is 13.2. The first-order valence-electron chi connectivity index (χ1n) is 11.0. The molecular formula is C22H26F3N5O3. The summed E-state index contributed by atoms with van der Waals surface area (Å²) in [6.45, 7) is 5.56. The summed E-state index contributed by atoms with van der Waals surface area (Å²) < 4.78 is 45.8. The minimum atomic E-state index is -4.54. The van der Waals surface area contributed by atoms with Crippen LogP contribution in [0.25, 0.3) is 0 Å². The van der Waals surface area contributed by atoms with Gasteiger partial charge in [0.25, 0.3) is 11.8 Å². The van der Waals surface area contributed by atoms with Crippen molar-refractivity contribution in [2.75, 3.05) is 13.2 Å². The predicted molar refractivity (Wildman–Crippen MR) is 111 cm³/mol. The van der Waals surface area contributed by atoms with Crippen molar-refractivity contribution in [3.63, 3.8) is 0 Å². The number of amides is 2. The Balaban J connectivity index is 1.58. The Hall–Kier alpha value is -2.95. The van der Waals surface area contributed by atoms with Gasteiger partial charge in [-0.2, -0.15) is 13.2 Å². The highest BCUT2D eigenvalue weighted by Gasteiger charge is 2.34. The van der Waals surface area contributed by atoms with Crippen LogP contribution in [0.4, 0.5) is 13.2 Å². The Kier molecular flexibility index (Phi) is 6.42. The number of nitrogens with zero attached hydrogens (tertiary/aromatic N) is 4. The quantitative estimate of drug-likeness (QED) is 0.732. The highest BCUT2D eigenvalue weighted by molar-refractivity contribution is 6.01. The molecule has 0 spiro atoms. The molecule has 11 heteroatoms. The molecule has 33 heavy (non-hydrogen) atoms. The Morgan fingerprint density at radius 3 is 2.61 bits per heavy atom. The van der Waals surface area contributed by atoms with Gasteiger partial charge in [-0.15, -0.1) is 0 Å². The molecule has 1 saturated heterocycles. The molecule has 2 aromatic rings. The molecule has 2 aromatic heterocycles. The molecule has 2 aliphatic rings. The number of likely N-dealkylation sites (tertiary alicyclic amines) is 1. The van der Waals surface area contributed by atoms with Crippen molar-refractivity contribution >= 4 is 11.8 Å². The van der Waals surface area contributed by atoms with Crippen LogP contribution in [-0.2, 0) is 24.1 Å². The average Bonchev–Trinajstić information content (AvgIpc) is 3.40. The predicted octanol–water partition coefficient (Wildman–Crippen LogP) is 3.33. The van der Waals surface area contributed by atoms with Crippen molar-refractivity contribution in [1.82, 2.24) is 24.8 Å². The second kappa shape index (κ2) is 9.12. The standard InChI is InChI=1S/C22H26F3N5O3/c1-3-16(19-26-10-14(11-27-19)22(23,24)25)28-20(31)15-9-17(30-7-8-33-12-18(15)30)21(32)29-6-4-5-13(29)2/h9-11,13,16H,3-8,12H2,1-2H3,(H,28,31). The van der Waals surface area contributed by atoms with E-state index in [4.69, 9.17) is 4.74 Å². The molecule has 1 N–H and O–H groups in total. The third-order valence-electron chi connectivity index (χ3n) is 6.21. The van der Waals surface area contributed by atoms with Crippen LogP contribution in [0.2, 0.25) is 0 Å². The van der Waals surface area contributed by atoms with Crippen molar-refractivity contribution in [2.45, 2.75) is 64.5 Å². The van der Waals surface area contributed by atoms with Gasteiger partial charge in [0.15, 0.2) is 0 Å². The maximum absolute atomic E-state index is 13.2. The van der Waals surface area contributed by atoms with Crippen molar-refractivity contribution in [2.24, 2.45) is 0 Å². The van der Waals surface area contributed by atoms with E-state index in [0.29, 0.717) is 55.5 Å². The van der Waals surface area contributed by atoms with E-state index in [1.807, 2.05) is 16.4 Å². The van der Waals surface area contributed by atoms with Crippen LogP contribution in [0.3, 0.4) is 0 Å². The Morgan fingerprint density at radius 1 is 1.27 bits per heavy atom. The fourth-order valence-electron chi connectivity index (χ4n) is 4.33. The zero-order valence-electron chi connectivity index (χ0n) is 18.5. The summed E-state index contributed by atoms with van der Waals surface area (Å²) in [5.41, 5.74) is 0.420. The number of hydrogen-bond donors (Lipinski definition) is 1. The SMILES string of the molecule is CCC(NC(=O)c1cc(C(=O)N2CCCC2C)n2c1COCC2)c1ncc(C(F)(F)F)cn1. The molecule has 4 rings (SSSR count). The molecule has 2 aliphatic heterocycles. The van der Waals surface area contributed by atoms with Crippen LogP contribution >= 0.6 is 0 Å². The number of ether oxygens (including phenoxy) is 1. The molecule has 2 amide bonds. The largest absolute Gasteiger partial charge is 0.419 e. The third-order valence-corrected chi connectivity index (χ3v) is 6.21. The highest BCUT2D eigenvalue weighted by atomic mass is 19.4. The number of fused-ring (bicyclic) bond motifs is 1. The summed E-state index contributed by atoms with van der Waals surface area (Å²) in [6, 6.07) is 1.05. The Labute approximate surface area is 189 Å². The van der Waals surface area contributed by atoms with Crippen LogP contribution in [0.1, 0.15) is 77.1 Å². The number of halogens is 3. The number of hydrogen-bond acceptors (Lipinski definition) is 5. The van der Waals surface area contributed by atoms with Crippen LogP contribution in [0.15, 0.2) is 18.5 Å². The first-order valence-corrected chi connectivity index (χ1v) is 11.0. The first kappa shape index (κ1) is 23.2. The van der Waals surface area contributed by atoms with E-state index in [-0.39, 0.29) is 24.4 Å². The maximum Gasteiger partial charge on any atom is 0.419 e. The van der Waals surface area contributed by atoms with Gasteiger partial charge in [0, 0.05) is 31.5 Å². The molecule has 0 saturated carbocycles. The van der Waals surface area contributed by atoms with Gasteiger partial charge >= 0.3 is 6.18 Å². The minimum Gasteiger partial charge on any atom is -0.373 e. The summed E-state index contributed by atoms with van der Waals surface area (Å²) in [5.74, 6) is -0.473. The lowest BCUT2D eigenvalue weighted by Gasteiger charge is -2.24. The van der Waals surface area contributed by atoms with Gasteiger partial charge in [-0.25, -0.2) is 9.97 Å². The van der Waals surface area contributed by atoms with Crippen molar-refractivity contribution in [1.29, 1.82) is 0 Å². The van der Waals surface area contributed by atoms with Crippen LogP contribution in [0, 0.1) is 0 Å². The number of rotatable bonds is 5. The molecule has 0 aromatic carbocycles. The summed E-state index contributed by atoms with van der Waals surface area (Å²) in [4.78, 5) is 35.8. The van der Waals surface area contributed by atoms with E-state index in [2.05, 4.69) is 15.3 Å². The van der Waals surface area contributed by atoms with Gasteiger partial charge in [0.2, 0.25) is 0 Å². The molecule has 178 valence electrons. The Morgan fingerprint density at radius 2 is 2.00 bits per heavy atom. The van der Waals surface area contributed by atoms with Gasteiger partial charge in [0.1, 0.15) is 11.5 Å². The molecule has 0 aliphatic carbocycles. The fraction of sp³-hybridized carbons (Fsp3) is 0.545. The Bertz CT molecular complexity index is 1040. The van der Waals surface area contributed by atoms with E-state index in [1.165, 1.54) is 0 Å². The van der Waals surface area contributed by atoms with Crippen LogP contribution < -0.4 is 5.32 Å². The lowest BCUT2D eigenvalue weighted by Crippen LogP contribution is -2.35. The summed E-state index contributed by atoms with van der Waals surface area (Å²) >= 11 is 0. The smallest absolute Gasteiger partial charge is 0.373 e. The van der Waals surface area contributed by atoms with E-state index in [0.717, 1.165) is 12.8 Å². The number of carbonyl (C=O) groups excluding carboxylic acids is 2. The molecule has 1 fully saturated rings. The molecular weight excluding hydrogens is 439 g/mol. The van der Waals surface area contributed by atoms with Gasteiger partial charge in [-0.05, 0) is 32.3 Å². The fourth-order valence-corrected chi connectivity index (χ4v) is 4.33.